The molecule has 2 N–H and O–H groups in total. The van der Waals surface area contributed by atoms with E-state index in [0.29, 0.717) is 0 Å². The molecule has 1 aliphatic carbocycles. The predicted octanol–water partition coefficient (Wildman–Crippen LogP) is 5.46. The van der Waals surface area contributed by atoms with Crippen molar-refractivity contribution in [2.24, 2.45) is 5.92 Å². The number of hydrogen-bond donors (Lipinski definition) is 2. The summed E-state index contributed by atoms with van der Waals surface area (Å²) < 4.78 is 6.10. The number of hydrogen-bond acceptors (Lipinski definition) is 7. The maximum Gasteiger partial charge on any atom is 0.226 e. The Labute approximate surface area is 209 Å². The SMILES string of the molecule is CCN(C(=O)C1CCc2c(sc3ncnc(Nc4cc5cn[nH]c5cc4OC(C)C)c23)C1)C(C)C. The minimum absolute atomic E-state index is 0.0248. The highest BCUT2D eigenvalue weighted by Crippen LogP contribution is 2.42. The largest absolute Gasteiger partial charge is 0.489 e. The summed E-state index contributed by atoms with van der Waals surface area (Å²) in [5.74, 6) is 1.80. The molecule has 0 saturated carbocycles. The Morgan fingerprint density at radius 1 is 1.29 bits per heavy atom. The van der Waals surface area contributed by atoms with Crippen molar-refractivity contribution >= 4 is 49.9 Å². The van der Waals surface area contributed by atoms with Gasteiger partial charge < -0.3 is 15.0 Å². The molecule has 1 aromatic carbocycles. The second-order valence-electron chi connectivity index (χ2n) is 9.66. The van der Waals surface area contributed by atoms with Crippen LogP contribution in [0.4, 0.5) is 11.5 Å². The van der Waals surface area contributed by atoms with Crippen LogP contribution in [0.25, 0.3) is 21.1 Å². The third kappa shape index (κ3) is 4.45. The van der Waals surface area contributed by atoms with Crippen molar-refractivity contribution in [1.29, 1.82) is 0 Å². The number of aromatic amines is 1. The van der Waals surface area contributed by atoms with E-state index in [-0.39, 0.29) is 24.0 Å². The molecule has 1 unspecified atom stereocenters. The molecule has 3 aromatic heterocycles. The van der Waals surface area contributed by atoms with Crippen molar-refractivity contribution in [2.75, 3.05) is 11.9 Å². The van der Waals surface area contributed by atoms with Gasteiger partial charge in [-0.3, -0.25) is 9.89 Å². The van der Waals surface area contributed by atoms with Crippen molar-refractivity contribution in [3.63, 3.8) is 0 Å². The first-order chi connectivity index (χ1) is 16.9. The van der Waals surface area contributed by atoms with Gasteiger partial charge in [0, 0.05) is 34.8 Å². The number of aryl methyl sites for hydroxylation is 1. The van der Waals surface area contributed by atoms with E-state index in [9.17, 15) is 4.79 Å². The molecule has 5 rings (SSSR count). The molecule has 35 heavy (non-hydrogen) atoms. The molecular formula is C26H32N6O2S. The topological polar surface area (TPSA) is 96.0 Å². The zero-order valence-corrected chi connectivity index (χ0v) is 21.7. The van der Waals surface area contributed by atoms with Gasteiger partial charge in [-0.05, 0) is 65.5 Å². The van der Waals surface area contributed by atoms with E-state index >= 15 is 0 Å². The van der Waals surface area contributed by atoms with Gasteiger partial charge in [-0.25, -0.2) is 9.97 Å². The van der Waals surface area contributed by atoms with Crippen molar-refractivity contribution in [3.05, 3.63) is 35.1 Å². The summed E-state index contributed by atoms with van der Waals surface area (Å²) in [6.07, 6.45) is 5.89. The summed E-state index contributed by atoms with van der Waals surface area (Å²) in [7, 11) is 0. The lowest BCUT2D eigenvalue weighted by Gasteiger charge is -2.31. The minimum Gasteiger partial charge on any atom is -0.489 e. The number of benzene rings is 1. The summed E-state index contributed by atoms with van der Waals surface area (Å²) in [5, 5.41) is 12.7. The molecule has 8 nitrogen and oxygen atoms in total. The zero-order chi connectivity index (χ0) is 24.7. The number of H-pyrrole nitrogens is 1. The average molecular weight is 493 g/mol. The predicted molar refractivity (Wildman–Crippen MR) is 141 cm³/mol. The number of fused-ring (bicyclic) bond motifs is 4. The number of amides is 1. The highest BCUT2D eigenvalue weighted by Gasteiger charge is 2.32. The molecule has 0 aliphatic heterocycles. The van der Waals surface area contributed by atoms with Crippen molar-refractivity contribution in [3.8, 4) is 5.75 Å². The molecule has 9 heteroatoms. The van der Waals surface area contributed by atoms with Crippen LogP contribution in [0.5, 0.6) is 5.75 Å². The maximum atomic E-state index is 13.2. The lowest BCUT2D eigenvalue weighted by atomic mass is 9.86. The van der Waals surface area contributed by atoms with Crippen LogP contribution in [-0.2, 0) is 17.6 Å². The highest BCUT2D eigenvalue weighted by atomic mass is 32.1. The number of carbonyl (C=O) groups is 1. The first-order valence-corrected chi connectivity index (χ1v) is 13.1. The molecule has 0 radical (unpaired) electrons. The van der Waals surface area contributed by atoms with Crippen LogP contribution in [0.3, 0.4) is 0 Å². The summed E-state index contributed by atoms with van der Waals surface area (Å²) in [6, 6.07) is 4.22. The molecule has 1 aliphatic rings. The molecule has 3 heterocycles. The fourth-order valence-electron chi connectivity index (χ4n) is 4.97. The van der Waals surface area contributed by atoms with E-state index in [4.69, 9.17) is 4.74 Å². The summed E-state index contributed by atoms with van der Waals surface area (Å²) >= 11 is 1.68. The third-order valence-corrected chi connectivity index (χ3v) is 7.76. The van der Waals surface area contributed by atoms with E-state index in [1.54, 1.807) is 23.9 Å². The van der Waals surface area contributed by atoms with Crippen LogP contribution in [-0.4, -0.2) is 49.7 Å². The molecular weight excluding hydrogens is 460 g/mol. The number of rotatable bonds is 7. The number of nitrogens with zero attached hydrogens (tertiary/aromatic N) is 4. The van der Waals surface area contributed by atoms with Gasteiger partial charge in [-0.15, -0.1) is 11.3 Å². The number of nitrogens with one attached hydrogen (secondary N) is 2. The first-order valence-electron chi connectivity index (χ1n) is 12.3. The number of thiophene rings is 1. The molecule has 0 saturated heterocycles. The Bertz CT molecular complexity index is 1380. The van der Waals surface area contributed by atoms with Gasteiger partial charge in [-0.1, -0.05) is 0 Å². The normalized spacial score (nSPS) is 15.7. The minimum atomic E-state index is 0.0248. The maximum absolute atomic E-state index is 13.2. The molecule has 0 fully saturated rings. The average Bonchev–Trinajstić information content (AvgIpc) is 3.42. The zero-order valence-electron chi connectivity index (χ0n) is 20.9. The Hall–Kier alpha value is -3.20. The van der Waals surface area contributed by atoms with Crippen molar-refractivity contribution in [1.82, 2.24) is 25.1 Å². The number of ether oxygens (including phenoxy) is 1. The molecule has 0 spiro atoms. The molecule has 1 atom stereocenters. The Morgan fingerprint density at radius 3 is 2.86 bits per heavy atom. The second-order valence-corrected chi connectivity index (χ2v) is 10.7. The molecule has 184 valence electrons. The Kier molecular flexibility index (Phi) is 6.35. The van der Waals surface area contributed by atoms with Crippen LogP contribution in [0.2, 0.25) is 0 Å². The Balaban J connectivity index is 1.50. The van der Waals surface area contributed by atoms with Gasteiger partial charge >= 0.3 is 0 Å². The smallest absolute Gasteiger partial charge is 0.226 e. The van der Waals surface area contributed by atoms with Crippen LogP contribution < -0.4 is 10.1 Å². The van der Waals surface area contributed by atoms with E-state index < -0.39 is 0 Å². The number of carbonyl (C=O) groups excluding carboxylic acids is 1. The van der Waals surface area contributed by atoms with Crippen LogP contribution in [0.1, 0.15) is 51.5 Å². The van der Waals surface area contributed by atoms with Crippen LogP contribution in [0.15, 0.2) is 24.7 Å². The molecule has 0 bridgehead atoms. The molecule has 4 aromatic rings. The fourth-order valence-corrected chi connectivity index (χ4v) is 6.24. The van der Waals surface area contributed by atoms with E-state index in [2.05, 4.69) is 46.3 Å². The van der Waals surface area contributed by atoms with Gasteiger partial charge in [0.15, 0.2) is 0 Å². The second kappa shape index (κ2) is 9.45. The third-order valence-electron chi connectivity index (χ3n) is 6.60. The van der Waals surface area contributed by atoms with Crippen LogP contribution in [0, 0.1) is 5.92 Å². The lowest BCUT2D eigenvalue weighted by molar-refractivity contribution is -0.137. The highest BCUT2D eigenvalue weighted by molar-refractivity contribution is 7.19. The van der Waals surface area contributed by atoms with Gasteiger partial charge in [-0.2, -0.15) is 5.10 Å². The number of anilines is 2. The summed E-state index contributed by atoms with van der Waals surface area (Å²) in [4.78, 5) is 26.6. The van der Waals surface area contributed by atoms with E-state index in [0.717, 1.165) is 64.2 Å². The Morgan fingerprint density at radius 2 is 2.11 bits per heavy atom. The van der Waals surface area contributed by atoms with E-state index in [1.807, 2.05) is 30.9 Å². The van der Waals surface area contributed by atoms with E-state index in [1.165, 1.54) is 10.4 Å². The lowest BCUT2D eigenvalue weighted by Crippen LogP contribution is -2.42. The van der Waals surface area contributed by atoms with Crippen molar-refractivity contribution in [2.45, 2.75) is 66.0 Å². The van der Waals surface area contributed by atoms with Crippen LogP contribution >= 0.6 is 11.3 Å². The molecule has 1 amide bonds. The van der Waals surface area contributed by atoms with Crippen molar-refractivity contribution < 1.29 is 9.53 Å². The standard InChI is InChI=1S/C26H32N6O2S/c1-6-32(14(2)3)26(33)16-7-8-18-22(10-16)35-25-23(18)24(27-13-28-25)30-20-9-17-12-29-31-19(17)11-21(20)34-15(4)5/h9,11-16H,6-8,10H2,1-5H3,(H,29,31)(H,27,28,30). The summed E-state index contributed by atoms with van der Waals surface area (Å²) in [6.45, 7) is 11.0. The quantitative estimate of drug-likeness (QED) is 0.356. The monoisotopic (exact) mass is 492 g/mol. The number of aromatic nitrogens is 4. The first kappa shape index (κ1) is 23.5. The van der Waals surface area contributed by atoms with Gasteiger partial charge in [0.1, 0.15) is 22.7 Å². The van der Waals surface area contributed by atoms with Gasteiger partial charge in [0.25, 0.3) is 0 Å². The summed E-state index contributed by atoms with van der Waals surface area (Å²) in [5.41, 5.74) is 3.03. The van der Waals surface area contributed by atoms with Gasteiger partial charge in [0.05, 0.1) is 28.9 Å². The van der Waals surface area contributed by atoms with Gasteiger partial charge in [0.2, 0.25) is 5.91 Å². The fraction of sp³-hybridized carbons (Fsp3) is 0.462.